The second kappa shape index (κ2) is 6.58. The summed E-state index contributed by atoms with van der Waals surface area (Å²) in [4.78, 5) is 0.181. The highest BCUT2D eigenvalue weighted by Gasteiger charge is 2.32. The summed E-state index contributed by atoms with van der Waals surface area (Å²) in [5.41, 5.74) is 0.0770. The zero-order chi connectivity index (χ0) is 15.3. The molecule has 0 radical (unpaired) electrons. The van der Waals surface area contributed by atoms with E-state index in [1.54, 1.807) is 12.1 Å². The molecule has 0 aliphatic carbocycles. The lowest BCUT2D eigenvalue weighted by atomic mass is 9.94. The zero-order valence-corrected chi connectivity index (χ0v) is 12.7. The number of sulfonamides is 1. The summed E-state index contributed by atoms with van der Waals surface area (Å²) in [7, 11) is -3.60. The Hall–Kier alpha value is -1.39. The summed E-state index contributed by atoms with van der Waals surface area (Å²) >= 11 is 0. The normalized spacial score (nSPS) is 17.8. The van der Waals surface area contributed by atoms with E-state index in [0.717, 1.165) is 0 Å². The Labute approximate surface area is 125 Å². The molecule has 1 fully saturated rings. The molecule has 1 aromatic carbocycles. The maximum absolute atomic E-state index is 12.5. The van der Waals surface area contributed by atoms with Crippen LogP contribution in [0.15, 0.2) is 29.2 Å². The van der Waals surface area contributed by atoms with Crippen LogP contribution in [0.3, 0.4) is 0 Å². The second-order valence-corrected chi connectivity index (χ2v) is 6.95. The fourth-order valence-electron chi connectivity index (χ4n) is 2.19. The second-order valence-electron chi connectivity index (χ2n) is 5.27. The van der Waals surface area contributed by atoms with Crippen LogP contribution < -0.4 is 4.72 Å². The zero-order valence-electron chi connectivity index (χ0n) is 11.9. The Kier molecular flexibility index (Phi) is 5.01. The Morgan fingerprint density at radius 3 is 2.76 bits per heavy atom. The third-order valence-electron chi connectivity index (χ3n) is 3.43. The van der Waals surface area contributed by atoms with E-state index in [1.165, 1.54) is 12.1 Å². The van der Waals surface area contributed by atoms with Crippen molar-refractivity contribution in [1.82, 2.24) is 4.72 Å². The highest BCUT2D eigenvalue weighted by Crippen LogP contribution is 2.23. The molecule has 2 N–H and O–H groups in total. The van der Waals surface area contributed by atoms with Crippen LogP contribution in [0.2, 0.25) is 0 Å². The van der Waals surface area contributed by atoms with E-state index in [9.17, 15) is 8.42 Å². The Bertz CT molecular complexity index is 652. The van der Waals surface area contributed by atoms with E-state index in [-0.39, 0.29) is 11.5 Å². The lowest BCUT2D eigenvalue weighted by molar-refractivity contribution is 0.0537. The molecule has 1 aromatic rings. The maximum Gasteiger partial charge on any atom is 0.241 e. The van der Waals surface area contributed by atoms with E-state index in [0.29, 0.717) is 31.6 Å². The van der Waals surface area contributed by atoms with E-state index in [1.807, 2.05) is 6.92 Å². The molecule has 1 aliphatic rings. The van der Waals surface area contributed by atoms with Gasteiger partial charge in [-0.1, -0.05) is 17.9 Å². The number of hydrogen-bond acceptors (Lipinski definition) is 4. The summed E-state index contributed by atoms with van der Waals surface area (Å²) in [6.07, 6.45) is 1.30. The van der Waals surface area contributed by atoms with Crippen LogP contribution in [0.4, 0.5) is 0 Å². The van der Waals surface area contributed by atoms with Crippen LogP contribution in [-0.4, -0.2) is 38.9 Å². The van der Waals surface area contributed by atoms with Crippen molar-refractivity contribution in [2.75, 3.05) is 19.8 Å². The molecule has 114 valence electrons. The van der Waals surface area contributed by atoms with Crippen LogP contribution in [0, 0.1) is 11.8 Å². The SMILES string of the molecule is CC1(NS(=O)(=O)c2cccc(C#CCO)c2)CCOCC1. The molecule has 1 saturated heterocycles. The van der Waals surface area contributed by atoms with Crippen molar-refractivity contribution in [2.24, 2.45) is 0 Å². The lowest BCUT2D eigenvalue weighted by Gasteiger charge is -2.34. The average molecular weight is 309 g/mol. The molecular formula is C15H19NO4S. The molecule has 0 saturated carbocycles. The lowest BCUT2D eigenvalue weighted by Crippen LogP contribution is -2.49. The quantitative estimate of drug-likeness (QED) is 0.813. The maximum atomic E-state index is 12.5. The molecule has 0 spiro atoms. The Morgan fingerprint density at radius 1 is 1.38 bits per heavy atom. The first-order valence-corrected chi connectivity index (χ1v) is 8.25. The number of nitrogens with one attached hydrogen (secondary N) is 1. The van der Waals surface area contributed by atoms with E-state index in [2.05, 4.69) is 16.6 Å². The smallest absolute Gasteiger partial charge is 0.241 e. The third-order valence-corrected chi connectivity index (χ3v) is 5.07. The third kappa shape index (κ3) is 4.29. The highest BCUT2D eigenvalue weighted by molar-refractivity contribution is 7.89. The first-order chi connectivity index (χ1) is 9.95. The molecule has 1 aliphatic heterocycles. The van der Waals surface area contributed by atoms with E-state index >= 15 is 0 Å². The van der Waals surface area contributed by atoms with Gasteiger partial charge in [-0.2, -0.15) is 0 Å². The van der Waals surface area contributed by atoms with Crippen molar-refractivity contribution in [3.63, 3.8) is 0 Å². The summed E-state index contributed by atoms with van der Waals surface area (Å²) in [5, 5.41) is 8.69. The van der Waals surface area contributed by atoms with Crippen LogP contribution in [0.1, 0.15) is 25.3 Å². The van der Waals surface area contributed by atoms with Gasteiger partial charge in [0, 0.05) is 24.3 Å². The molecule has 5 nitrogen and oxygen atoms in total. The molecule has 0 atom stereocenters. The number of aliphatic hydroxyl groups excluding tert-OH is 1. The van der Waals surface area contributed by atoms with Crippen molar-refractivity contribution < 1.29 is 18.3 Å². The monoisotopic (exact) mass is 309 g/mol. The highest BCUT2D eigenvalue weighted by atomic mass is 32.2. The number of rotatable bonds is 3. The fraction of sp³-hybridized carbons (Fsp3) is 0.467. The summed E-state index contributed by atoms with van der Waals surface area (Å²) < 4.78 is 33.0. The Morgan fingerprint density at radius 2 is 2.10 bits per heavy atom. The summed E-state index contributed by atoms with van der Waals surface area (Å²) in [5.74, 6) is 5.21. The van der Waals surface area contributed by atoms with Gasteiger partial charge in [-0.05, 0) is 38.0 Å². The number of aliphatic hydroxyl groups is 1. The Balaban J connectivity index is 2.23. The molecule has 2 rings (SSSR count). The van der Waals surface area contributed by atoms with Crippen molar-refractivity contribution in [3.8, 4) is 11.8 Å². The number of benzene rings is 1. The van der Waals surface area contributed by atoms with Gasteiger partial charge < -0.3 is 9.84 Å². The minimum atomic E-state index is -3.60. The standard InChI is InChI=1S/C15H19NO4S/c1-15(7-10-20-11-8-15)16-21(18,19)14-6-2-4-13(12-14)5-3-9-17/h2,4,6,12,16-17H,7-11H2,1H3. The molecular weight excluding hydrogens is 290 g/mol. The predicted molar refractivity (Wildman–Crippen MR) is 79.2 cm³/mol. The van der Waals surface area contributed by atoms with Gasteiger partial charge in [-0.25, -0.2) is 13.1 Å². The van der Waals surface area contributed by atoms with Crippen LogP contribution in [0.25, 0.3) is 0 Å². The van der Waals surface area contributed by atoms with Crippen LogP contribution >= 0.6 is 0 Å². The molecule has 0 bridgehead atoms. The van der Waals surface area contributed by atoms with E-state index < -0.39 is 15.6 Å². The van der Waals surface area contributed by atoms with Gasteiger partial charge in [0.15, 0.2) is 0 Å². The molecule has 1 heterocycles. The van der Waals surface area contributed by atoms with Gasteiger partial charge in [0.1, 0.15) is 6.61 Å². The van der Waals surface area contributed by atoms with Gasteiger partial charge in [-0.15, -0.1) is 0 Å². The average Bonchev–Trinajstić information content (AvgIpc) is 2.45. The van der Waals surface area contributed by atoms with Crippen molar-refractivity contribution in [2.45, 2.75) is 30.2 Å². The summed E-state index contributed by atoms with van der Waals surface area (Å²) in [6.45, 7) is 2.75. The minimum Gasteiger partial charge on any atom is -0.384 e. The van der Waals surface area contributed by atoms with Crippen LogP contribution in [0.5, 0.6) is 0 Å². The number of hydrogen-bond donors (Lipinski definition) is 2. The first-order valence-electron chi connectivity index (χ1n) is 6.77. The topological polar surface area (TPSA) is 75.6 Å². The van der Waals surface area contributed by atoms with Gasteiger partial charge in [0.2, 0.25) is 10.0 Å². The molecule has 0 aromatic heterocycles. The fourth-order valence-corrected chi connectivity index (χ4v) is 3.70. The van der Waals surface area contributed by atoms with Gasteiger partial charge in [0.25, 0.3) is 0 Å². The summed E-state index contributed by atoms with van der Waals surface area (Å²) in [6, 6.07) is 6.39. The molecule has 6 heteroatoms. The number of ether oxygens (including phenoxy) is 1. The molecule has 0 amide bonds. The minimum absolute atomic E-state index is 0.181. The molecule has 21 heavy (non-hydrogen) atoms. The first kappa shape index (κ1) is 16.0. The predicted octanol–water partition coefficient (Wildman–Crippen LogP) is 0.878. The van der Waals surface area contributed by atoms with Crippen molar-refractivity contribution in [3.05, 3.63) is 29.8 Å². The van der Waals surface area contributed by atoms with Gasteiger partial charge >= 0.3 is 0 Å². The van der Waals surface area contributed by atoms with E-state index in [4.69, 9.17) is 9.84 Å². The van der Waals surface area contributed by atoms with Gasteiger partial charge in [0.05, 0.1) is 4.90 Å². The van der Waals surface area contributed by atoms with Crippen LogP contribution in [-0.2, 0) is 14.8 Å². The molecule has 0 unspecified atom stereocenters. The van der Waals surface area contributed by atoms with Gasteiger partial charge in [-0.3, -0.25) is 0 Å². The largest absolute Gasteiger partial charge is 0.384 e. The van der Waals surface area contributed by atoms with Crippen molar-refractivity contribution in [1.29, 1.82) is 0 Å². The van der Waals surface area contributed by atoms with Crippen molar-refractivity contribution >= 4 is 10.0 Å².